The molecule has 1 saturated carbocycles. The number of nitrogens with one attached hydrogen (secondary N) is 2. The van der Waals surface area contributed by atoms with Gasteiger partial charge in [-0.2, -0.15) is 5.10 Å². The SMILES string of the molecule is CC(C)n1nccc1C(=O)C[C@H](C(=O)Nc1ccc([C@H](C)[C@@H](NC(=O)c2cnns2)C(=O)N2CCN(C)CC2)cc1F)C1CCCCCC1. The highest BCUT2D eigenvalue weighted by Gasteiger charge is 2.35. The van der Waals surface area contributed by atoms with Crippen LogP contribution >= 0.6 is 11.5 Å². The Kier molecular flexibility index (Phi) is 12.3. The van der Waals surface area contributed by atoms with E-state index in [1.54, 1.807) is 34.8 Å². The lowest BCUT2D eigenvalue weighted by atomic mass is 9.81. The molecule has 14 heteroatoms. The van der Waals surface area contributed by atoms with Crippen molar-refractivity contribution < 1.29 is 23.6 Å². The number of carbonyl (C=O) groups excluding carboxylic acids is 4. The molecule has 5 rings (SSSR count). The average molecular weight is 695 g/mol. The van der Waals surface area contributed by atoms with Gasteiger partial charge in [0.2, 0.25) is 11.8 Å². The predicted octanol–water partition coefficient (Wildman–Crippen LogP) is 4.93. The molecule has 49 heavy (non-hydrogen) atoms. The maximum atomic E-state index is 15.8. The number of anilines is 1. The van der Waals surface area contributed by atoms with Crippen molar-refractivity contribution >= 4 is 40.7 Å². The van der Waals surface area contributed by atoms with Crippen LogP contribution < -0.4 is 10.6 Å². The molecule has 2 fully saturated rings. The largest absolute Gasteiger partial charge is 0.339 e. The van der Waals surface area contributed by atoms with E-state index in [0.717, 1.165) is 50.1 Å². The highest BCUT2D eigenvalue weighted by atomic mass is 32.1. The van der Waals surface area contributed by atoms with Gasteiger partial charge >= 0.3 is 0 Å². The summed E-state index contributed by atoms with van der Waals surface area (Å²) in [7, 11) is 1.99. The molecule has 12 nitrogen and oxygen atoms in total. The number of rotatable bonds is 12. The molecule has 264 valence electrons. The lowest BCUT2D eigenvalue weighted by Gasteiger charge is -2.36. The van der Waals surface area contributed by atoms with E-state index in [4.69, 9.17) is 0 Å². The van der Waals surface area contributed by atoms with Gasteiger partial charge in [0.25, 0.3) is 5.91 Å². The Morgan fingerprint density at radius 1 is 1.00 bits per heavy atom. The van der Waals surface area contributed by atoms with Crippen molar-refractivity contribution in [1.29, 1.82) is 0 Å². The fourth-order valence-electron chi connectivity index (χ4n) is 6.88. The lowest BCUT2D eigenvalue weighted by Crippen LogP contribution is -2.55. The number of benzene rings is 1. The second-order valence-electron chi connectivity index (χ2n) is 13.6. The molecule has 1 aromatic carbocycles. The van der Waals surface area contributed by atoms with E-state index in [-0.39, 0.29) is 46.5 Å². The van der Waals surface area contributed by atoms with Crippen LogP contribution in [0.3, 0.4) is 0 Å². The van der Waals surface area contributed by atoms with Crippen LogP contribution in [0.25, 0.3) is 0 Å². The average Bonchev–Trinajstić information content (AvgIpc) is 3.75. The van der Waals surface area contributed by atoms with Gasteiger partial charge in [-0.3, -0.25) is 23.9 Å². The summed E-state index contributed by atoms with van der Waals surface area (Å²) in [5.74, 6) is -3.16. The van der Waals surface area contributed by atoms with Crippen LogP contribution in [0.15, 0.2) is 36.7 Å². The molecule has 3 aromatic rings. The molecule has 0 spiro atoms. The van der Waals surface area contributed by atoms with Crippen molar-refractivity contribution in [2.45, 2.75) is 83.7 Å². The van der Waals surface area contributed by atoms with Crippen molar-refractivity contribution in [3.63, 3.8) is 0 Å². The number of ketones is 1. The summed E-state index contributed by atoms with van der Waals surface area (Å²) >= 11 is 0.926. The van der Waals surface area contributed by atoms with Crippen LogP contribution in [0.4, 0.5) is 10.1 Å². The number of amides is 3. The van der Waals surface area contributed by atoms with Gasteiger partial charge in [-0.25, -0.2) is 4.39 Å². The van der Waals surface area contributed by atoms with E-state index < -0.39 is 29.6 Å². The molecule has 0 radical (unpaired) electrons. The van der Waals surface area contributed by atoms with Gasteiger partial charge in [0, 0.05) is 56.7 Å². The van der Waals surface area contributed by atoms with E-state index in [0.29, 0.717) is 37.4 Å². The Balaban J connectivity index is 1.35. The molecule has 3 amide bonds. The first-order chi connectivity index (χ1) is 23.5. The number of halogens is 1. The van der Waals surface area contributed by atoms with Crippen LogP contribution in [-0.4, -0.2) is 91.9 Å². The van der Waals surface area contributed by atoms with Gasteiger partial charge in [0.1, 0.15) is 22.4 Å². The van der Waals surface area contributed by atoms with E-state index in [9.17, 15) is 19.2 Å². The summed E-state index contributed by atoms with van der Waals surface area (Å²) in [6, 6.07) is 5.17. The van der Waals surface area contributed by atoms with E-state index in [1.807, 2.05) is 20.9 Å². The Morgan fingerprint density at radius 2 is 1.71 bits per heavy atom. The van der Waals surface area contributed by atoms with E-state index in [2.05, 4.69) is 30.2 Å². The van der Waals surface area contributed by atoms with Gasteiger partial charge in [-0.1, -0.05) is 43.2 Å². The molecule has 0 bridgehead atoms. The Bertz CT molecular complexity index is 1600. The van der Waals surface area contributed by atoms with Crippen LogP contribution in [-0.2, 0) is 9.59 Å². The number of carbonyl (C=O) groups is 4. The smallest absolute Gasteiger partial charge is 0.265 e. The zero-order chi connectivity index (χ0) is 35.1. The van der Waals surface area contributed by atoms with Gasteiger partial charge in [-0.15, -0.1) is 5.10 Å². The topological polar surface area (TPSA) is 142 Å². The van der Waals surface area contributed by atoms with Gasteiger partial charge in [-0.05, 0) is 74.9 Å². The molecule has 1 aliphatic heterocycles. The minimum absolute atomic E-state index is 0.000886. The van der Waals surface area contributed by atoms with Gasteiger partial charge < -0.3 is 20.4 Å². The maximum absolute atomic E-state index is 15.8. The minimum Gasteiger partial charge on any atom is -0.339 e. The second kappa shape index (κ2) is 16.6. The number of Topliss-reactive ketones (excluding diaryl/α,β-unsaturated/α-hetero) is 1. The fraction of sp³-hybridized carbons (Fsp3) is 0.571. The molecule has 1 saturated heterocycles. The van der Waals surface area contributed by atoms with Crippen LogP contribution in [0.2, 0.25) is 0 Å². The highest BCUT2D eigenvalue weighted by molar-refractivity contribution is 7.07. The third-order valence-corrected chi connectivity index (χ3v) is 10.5. The monoisotopic (exact) mass is 694 g/mol. The first-order valence-corrected chi connectivity index (χ1v) is 18.0. The lowest BCUT2D eigenvalue weighted by molar-refractivity contribution is -0.135. The summed E-state index contributed by atoms with van der Waals surface area (Å²) in [4.78, 5) is 58.4. The normalized spacial score (nSPS) is 18.0. The quantitative estimate of drug-likeness (QED) is 0.201. The first-order valence-electron chi connectivity index (χ1n) is 17.3. The third kappa shape index (κ3) is 8.96. The van der Waals surface area contributed by atoms with Crippen molar-refractivity contribution in [3.05, 3.63) is 58.6 Å². The van der Waals surface area contributed by atoms with Crippen LogP contribution in [0, 0.1) is 17.7 Å². The van der Waals surface area contributed by atoms with E-state index >= 15 is 4.39 Å². The Hall–Kier alpha value is -4.04. The van der Waals surface area contributed by atoms with E-state index in [1.165, 1.54) is 18.3 Å². The molecular formula is C35H47FN8O4S. The number of hydrogen-bond donors (Lipinski definition) is 2. The molecule has 2 N–H and O–H groups in total. The summed E-state index contributed by atoms with van der Waals surface area (Å²) in [5.41, 5.74) is 0.953. The molecule has 0 unspecified atom stereocenters. The van der Waals surface area contributed by atoms with Crippen LogP contribution in [0.5, 0.6) is 0 Å². The number of aromatic nitrogens is 4. The molecular weight excluding hydrogens is 648 g/mol. The highest BCUT2D eigenvalue weighted by Crippen LogP contribution is 2.34. The summed E-state index contributed by atoms with van der Waals surface area (Å²) in [5, 5.41) is 13.7. The summed E-state index contributed by atoms with van der Waals surface area (Å²) in [6.45, 7) is 8.11. The molecule has 2 aromatic heterocycles. The van der Waals surface area contributed by atoms with Crippen molar-refractivity contribution in [3.8, 4) is 0 Å². The van der Waals surface area contributed by atoms with Crippen molar-refractivity contribution in [1.82, 2.24) is 34.5 Å². The van der Waals surface area contributed by atoms with Gasteiger partial charge in [0.05, 0.1) is 11.9 Å². The Morgan fingerprint density at radius 3 is 2.35 bits per heavy atom. The molecule has 3 heterocycles. The number of nitrogens with zero attached hydrogens (tertiary/aromatic N) is 6. The number of likely N-dealkylation sites (N-methyl/N-ethyl adjacent to an activating group) is 1. The Labute approximate surface area is 291 Å². The zero-order valence-corrected chi connectivity index (χ0v) is 29.5. The predicted molar refractivity (Wildman–Crippen MR) is 185 cm³/mol. The number of piperazine rings is 1. The summed E-state index contributed by atoms with van der Waals surface area (Å²) < 4.78 is 21.2. The number of hydrogen-bond acceptors (Lipinski definition) is 9. The molecule has 2 aliphatic rings. The standard InChI is InChI=1S/C35H47FN8O4S/c1-22(2)44-29(13-14-38-44)30(45)20-26(24-9-7-5-6-8-10-24)33(46)39-28-12-11-25(19-27(28)36)23(3)32(40-34(47)31-21-37-41-49-31)35(48)43-17-15-42(4)16-18-43/h11-14,19,21-24,26,32H,5-10,15-18,20H2,1-4H3,(H,39,46)(H,40,47)/t23-,26-,32+/m0/s1. The maximum Gasteiger partial charge on any atom is 0.265 e. The van der Waals surface area contributed by atoms with Crippen LogP contribution in [0.1, 0.15) is 103 Å². The van der Waals surface area contributed by atoms with Crippen molar-refractivity contribution in [2.24, 2.45) is 11.8 Å². The minimum atomic E-state index is -0.970. The zero-order valence-electron chi connectivity index (χ0n) is 28.7. The van der Waals surface area contributed by atoms with Gasteiger partial charge in [0.15, 0.2) is 5.78 Å². The fourth-order valence-corrected chi connectivity index (χ4v) is 7.29. The summed E-state index contributed by atoms with van der Waals surface area (Å²) in [6.07, 6.45) is 8.76. The third-order valence-electron chi connectivity index (χ3n) is 9.89. The second-order valence-corrected chi connectivity index (χ2v) is 14.4. The molecule has 3 atom stereocenters. The molecule has 1 aliphatic carbocycles. The first kappa shape index (κ1) is 36.2. The van der Waals surface area contributed by atoms with Crippen molar-refractivity contribution in [2.75, 3.05) is 38.5 Å².